The Morgan fingerprint density at radius 1 is 1.13 bits per heavy atom. The Morgan fingerprint density at radius 2 is 1.77 bits per heavy atom. The largest absolute Gasteiger partial charge is 0.366 e. The molecule has 0 saturated heterocycles. The number of nitrogens with one attached hydrogen (secondary N) is 1. The van der Waals surface area contributed by atoms with E-state index in [1.54, 1.807) is 6.07 Å². The van der Waals surface area contributed by atoms with Gasteiger partial charge in [-0.25, -0.2) is 12.8 Å². The van der Waals surface area contributed by atoms with Gasteiger partial charge in [0, 0.05) is 30.9 Å². The van der Waals surface area contributed by atoms with E-state index in [1.165, 1.54) is 6.07 Å². The van der Waals surface area contributed by atoms with E-state index < -0.39 is 15.7 Å². The van der Waals surface area contributed by atoms with Crippen molar-refractivity contribution in [3.8, 4) is 0 Å². The molecule has 7 heteroatoms. The van der Waals surface area contributed by atoms with Crippen LogP contribution in [-0.4, -0.2) is 26.6 Å². The Balaban J connectivity index is 1.90. The van der Waals surface area contributed by atoms with Gasteiger partial charge in [-0.05, 0) is 60.2 Å². The fraction of sp³-hybridized carbons (Fsp3) is 0.435. The maximum atomic E-state index is 13.6. The number of hydrogen-bond donors (Lipinski definition) is 1. The lowest BCUT2D eigenvalue weighted by atomic mass is 9.92. The van der Waals surface area contributed by atoms with Gasteiger partial charge in [-0.15, -0.1) is 0 Å². The minimum absolute atomic E-state index is 0.0294. The van der Waals surface area contributed by atoms with Crippen molar-refractivity contribution in [1.29, 1.82) is 0 Å². The van der Waals surface area contributed by atoms with Crippen molar-refractivity contribution in [2.75, 3.05) is 22.5 Å². The second kappa shape index (κ2) is 8.02. The molecule has 0 atom stereocenters. The van der Waals surface area contributed by atoms with Gasteiger partial charge >= 0.3 is 0 Å². The van der Waals surface area contributed by atoms with Gasteiger partial charge in [-0.2, -0.15) is 0 Å². The lowest BCUT2D eigenvalue weighted by Crippen LogP contribution is -2.26. The van der Waals surface area contributed by atoms with Gasteiger partial charge in [0.15, 0.2) is 9.84 Å². The number of carbonyl (C=O) groups excluding carboxylic acids is 1. The van der Waals surface area contributed by atoms with E-state index in [1.807, 2.05) is 51.7 Å². The lowest BCUT2D eigenvalue weighted by Gasteiger charge is -2.25. The molecule has 0 aliphatic carbocycles. The summed E-state index contributed by atoms with van der Waals surface area (Å²) in [6.07, 6.45) is 0.422. The van der Waals surface area contributed by atoms with Crippen LogP contribution in [0.2, 0.25) is 0 Å². The highest BCUT2D eigenvalue weighted by molar-refractivity contribution is 7.91. The molecule has 0 radical (unpaired) electrons. The molecule has 1 amide bonds. The predicted molar refractivity (Wildman–Crippen MR) is 118 cm³/mol. The zero-order valence-electron chi connectivity index (χ0n) is 18.2. The molecule has 162 valence electrons. The minimum atomic E-state index is -3.54. The fourth-order valence-electron chi connectivity index (χ4n) is 3.78. The van der Waals surface area contributed by atoms with Crippen LogP contribution in [-0.2, 0) is 21.2 Å². The summed E-state index contributed by atoms with van der Waals surface area (Å²) >= 11 is 0. The van der Waals surface area contributed by atoms with Crippen LogP contribution < -0.4 is 10.2 Å². The molecule has 2 aromatic rings. The Labute approximate surface area is 178 Å². The van der Waals surface area contributed by atoms with Gasteiger partial charge in [0.05, 0.1) is 10.6 Å². The molecule has 2 aromatic carbocycles. The molecule has 5 nitrogen and oxygen atoms in total. The molecule has 0 fully saturated rings. The molecule has 1 aliphatic rings. The highest BCUT2D eigenvalue weighted by atomic mass is 32.2. The molecular weight excluding hydrogens is 403 g/mol. The van der Waals surface area contributed by atoms with Crippen molar-refractivity contribution in [2.45, 2.75) is 52.5 Å². The molecule has 0 bridgehead atoms. The van der Waals surface area contributed by atoms with Crippen LogP contribution >= 0.6 is 0 Å². The SMILES string of the molecule is Cc1cc(N2CCS(=O)(=O)c3cc(F)ccc3C2)cc(C)c1NC(=O)CC(C)(C)C. The van der Waals surface area contributed by atoms with Gasteiger partial charge in [0.1, 0.15) is 5.82 Å². The number of amides is 1. The van der Waals surface area contributed by atoms with Gasteiger partial charge in [0.25, 0.3) is 0 Å². The summed E-state index contributed by atoms with van der Waals surface area (Å²) in [5, 5.41) is 3.02. The molecule has 1 heterocycles. The van der Waals surface area contributed by atoms with E-state index in [4.69, 9.17) is 0 Å². The van der Waals surface area contributed by atoms with Crippen LogP contribution in [0.5, 0.6) is 0 Å². The maximum Gasteiger partial charge on any atom is 0.224 e. The second-order valence-electron chi connectivity index (χ2n) is 9.23. The number of sulfone groups is 1. The van der Waals surface area contributed by atoms with Gasteiger partial charge < -0.3 is 10.2 Å². The number of fused-ring (bicyclic) bond motifs is 1. The van der Waals surface area contributed by atoms with Gasteiger partial charge in [0.2, 0.25) is 5.91 Å². The summed E-state index contributed by atoms with van der Waals surface area (Å²) in [6, 6.07) is 7.86. The Hall–Kier alpha value is -2.41. The molecule has 0 unspecified atom stereocenters. The number of anilines is 2. The number of halogens is 1. The van der Waals surface area contributed by atoms with Crippen molar-refractivity contribution in [3.63, 3.8) is 0 Å². The third-order valence-electron chi connectivity index (χ3n) is 5.19. The standard InChI is InChI=1S/C23H29FN2O3S/c1-15-10-19(11-16(2)22(15)25-21(27)13-23(3,4)5)26-8-9-30(28,29)20-12-18(24)7-6-17(20)14-26/h6-7,10-12H,8-9,13-14H2,1-5H3,(H,25,27). The molecule has 30 heavy (non-hydrogen) atoms. The normalized spacial score (nSPS) is 16.0. The number of carbonyl (C=O) groups is 1. The topological polar surface area (TPSA) is 66.5 Å². The first-order valence-corrected chi connectivity index (χ1v) is 11.7. The lowest BCUT2D eigenvalue weighted by molar-refractivity contribution is -0.117. The predicted octanol–water partition coefficient (Wildman–Crippen LogP) is 4.61. The summed E-state index contributed by atoms with van der Waals surface area (Å²) in [5.41, 5.74) is 3.99. The van der Waals surface area contributed by atoms with Crippen LogP contribution in [0.3, 0.4) is 0 Å². The Kier molecular flexibility index (Phi) is 5.96. The molecule has 0 saturated carbocycles. The minimum Gasteiger partial charge on any atom is -0.366 e. The molecule has 1 N–H and O–H groups in total. The van der Waals surface area contributed by atoms with Crippen molar-refractivity contribution in [3.05, 3.63) is 52.8 Å². The summed E-state index contributed by atoms with van der Waals surface area (Å²) in [5.74, 6) is -0.655. The van der Waals surface area contributed by atoms with Gasteiger partial charge in [-0.1, -0.05) is 26.8 Å². The Bertz CT molecular complexity index is 1070. The molecule has 1 aliphatic heterocycles. The highest BCUT2D eigenvalue weighted by Crippen LogP contribution is 2.32. The van der Waals surface area contributed by atoms with Crippen molar-refractivity contribution >= 4 is 27.1 Å². The van der Waals surface area contributed by atoms with E-state index in [-0.39, 0.29) is 22.0 Å². The number of benzene rings is 2. The van der Waals surface area contributed by atoms with Crippen LogP contribution in [0.25, 0.3) is 0 Å². The fourth-order valence-corrected chi connectivity index (χ4v) is 5.28. The van der Waals surface area contributed by atoms with Crippen LogP contribution in [0, 0.1) is 25.1 Å². The van der Waals surface area contributed by atoms with Crippen LogP contribution in [0.15, 0.2) is 35.2 Å². The third-order valence-corrected chi connectivity index (χ3v) is 6.96. The highest BCUT2D eigenvalue weighted by Gasteiger charge is 2.26. The average Bonchev–Trinajstić information content (AvgIpc) is 2.73. The van der Waals surface area contributed by atoms with Crippen molar-refractivity contribution in [1.82, 2.24) is 0 Å². The summed E-state index contributed by atoms with van der Waals surface area (Å²) in [6.45, 7) is 10.6. The number of nitrogens with zero attached hydrogens (tertiary/aromatic N) is 1. The summed E-state index contributed by atoms with van der Waals surface area (Å²) < 4.78 is 38.8. The van der Waals surface area contributed by atoms with E-state index in [9.17, 15) is 17.6 Å². The monoisotopic (exact) mass is 432 g/mol. The maximum absolute atomic E-state index is 13.6. The van der Waals surface area contributed by atoms with E-state index in [2.05, 4.69) is 5.32 Å². The summed E-state index contributed by atoms with van der Waals surface area (Å²) in [7, 11) is -3.54. The first kappa shape index (κ1) is 22.3. The van der Waals surface area contributed by atoms with Crippen molar-refractivity contribution in [2.24, 2.45) is 5.41 Å². The smallest absolute Gasteiger partial charge is 0.224 e. The molecule has 0 aromatic heterocycles. The van der Waals surface area contributed by atoms with Gasteiger partial charge in [-0.3, -0.25) is 4.79 Å². The average molecular weight is 433 g/mol. The van der Waals surface area contributed by atoms with E-state index in [0.29, 0.717) is 25.1 Å². The number of rotatable bonds is 3. The zero-order valence-corrected chi connectivity index (χ0v) is 19.0. The number of aryl methyl sites for hydroxylation is 2. The van der Waals surface area contributed by atoms with Crippen LogP contribution in [0.1, 0.15) is 43.9 Å². The van der Waals surface area contributed by atoms with E-state index in [0.717, 1.165) is 28.6 Å². The first-order chi connectivity index (χ1) is 13.9. The quantitative estimate of drug-likeness (QED) is 0.769. The van der Waals surface area contributed by atoms with Crippen LogP contribution in [0.4, 0.5) is 15.8 Å². The summed E-state index contributed by atoms with van der Waals surface area (Å²) in [4.78, 5) is 14.4. The molecule has 0 spiro atoms. The molecular formula is C23H29FN2O3S. The number of hydrogen-bond acceptors (Lipinski definition) is 4. The first-order valence-electron chi connectivity index (χ1n) is 10.0. The third kappa shape index (κ3) is 5.01. The van der Waals surface area contributed by atoms with Crippen molar-refractivity contribution < 1.29 is 17.6 Å². The molecule has 3 rings (SSSR count). The second-order valence-corrected chi connectivity index (χ2v) is 11.3. The zero-order chi connectivity index (χ0) is 22.3. The Morgan fingerprint density at radius 3 is 2.37 bits per heavy atom. The van der Waals surface area contributed by atoms with E-state index >= 15 is 0 Å².